The minimum absolute atomic E-state index is 0.620. The Labute approximate surface area is 117 Å². The molecule has 0 fully saturated rings. The molecule has 20 heavy (non-hydrogen) atoms. The van der Waals surface area contributed by atoms with E-state index >= 15 is 0 Å². The van der Waals surface area contributed by atoms with Crippen LogP contribution in [0.25, 0.3) is 11.0 Å². The third-order valence-corrected chi connectivity index (χ3v) is 3.25. The number of para-hydroxylation sites is 2. The Bertz CT molecular complexity index is 736. The number of pyridine rings is 1. The molecule has 0 amide bonds. The van der Waals surface area contributed by atoms with E-state index in [2.05, 4.69) is 21.4 Å². The Hall–Kier alpha value is -2.56. The predicted octanol–water partition coefficient (Wildman–Crippen LogP) is 2.59. The number of fused-ring (bicyclic) bond motifs is 1. The van der Waals surface area contributed by atoms with Crippen LogP contribution in [0.4, 0.5) is 5.95 Å². The van der Waals surface area contributed by atoms with Gasteiger partial charge in [0.05, 0.1) is 18.1 Å². The second-order valence-electron chi connectivity index (χ2n) is 4.54. The van der Waals surface area contributed by atoms with Crippen molar-refractivity contribution in [2.75, 3.05) is 12.4 Å². The van der Waals surface area contributed by atoms with E-state index in [1.165, 1.54) is 0 Å². The maximum Gasteiger partial charge on any atom is 0.213 e. The van der Waals surface area contributed by atoms with Gasteiger partial charge < -0.3 is 14.6 Å². The summed E-state index contributed by atoms with van der Waals surface area (Å²) in [5.74, 6) is 1.47. The SMILES string of the molecule is COc1cc(CNc2nc3ccccc3n2C)ccn1. The molecule has 0 aliphatic rings. The number of nitrogens with zero attached hydrogens (tertiary/aromatic N) is 3. The van der Waals surface area contributed by atoms with Crippen LogP contribution in [-0.4, -0.2) is 21.6 Å². The molecule has 0 spiro atoms. The zero-order chi connectivity index (χ0) is 13.9. The van der Waals surface area contributed by atoms with Gasteiger partial charge in [0.25, 0.3) is 0 Å². The summed E-state index contributed by atoms with van der Waals surface area (Å²) < 4.78 is 7.17. The highest BCUT2D eigenvalue weighted by Gasteiger charge is 2.06. The first-order valence-electron chi connectivity index (χ1n) is 6.42. The van der Waals surface area contributed by atoms with Crippen molar-refractivity contribution in [1.82, 2.24) is 14.5 Å². The van der Waals surface area contributed by atoms with Gasteiger partial charge in [-0.1, -0.05) is 12.1 Å². The third kappa shape index (κ3) is 2.30. The van der Waals surface area contributed by atoms with E-state index in [0.717, 1.165) is 22.5 Å². The van der Waals surface area contributed by atoms with Gasteiger partial charge >= 0.3 is 0 Å². The van der Waals surface area contributed by atoms with Crippen molar-refractivity contribution in [3.05, 3.63) is 48.2 Å². The summed E-state index contributed by atoms with van der Waals surface area (Å²) in [6.07, 6.45) is 1.74. The first-order valence-corrected chi connectivity index (χ1v) is 6.42. The van der Waals surface area contributed by atoms with E-state index in [1.807, 2.05) is 41.9 Å². The number of ether oxygens (including phenoxy) is 1. The van der Waals surface area contributed by atoms with Crippen LogP contribution in [0.1, 0.15) is 5.56 Å². The molecule has 1 N–H and O–H groups in total. The Kier molecular flexibility index (Phi) is 3.25. The molecule has 3 rings (SSSR count). The van der Waals surface area contributed by atoms with Crippen molar-refractivity contribution in [2.45, 2.75) is 6.54 Å². The second kappa shape index (κ2) is 5.21. The summed E-state index contributed by atoms with van der Waals surface area (Å²) in [4.78, 5) is 8.67. The van der Waals surface area contributed by atoms with Gasteiger partial charge in [-0.25, -0.2) is 9.97 Å². The van der Waals surface area contributed by atoms with Crippen molar-refractivity contribution in [3.8, 4) is 5.88 Å². The molecule has 5 nitrogen and oxygen atoms in total. The molecular weight excluding hydrogens is 252 g/mol. The van der Waals surface area contributed by atoms with Crippen molar-refractivity contribution >= 4 is 17.0 Å². The van der Waals surface area contributed by atoms with Gasteiger partial charge in [-0.2, -0.15) is 0 Å². The molecule has 3 aromatic rings. The van der Waals surface area contributed by atoms with Crippen LogP contribution in [0.3, 0.4) is 0 Å². The monoisotopic (exact) mass is 268 g/mol. The van der Waals surface area contributed by atoms with Gasteiger partial charge in [-0.05, 0) is 23.8 Å². The maximum atomic E-state index is 5.12. The largest absolute Gasteiger partial charge is 0.481 e. The standard InChI is InChI=1S/C15H16N4O/c1-19-13-6-4-3-5-12(13)18-15(19)17-10-11-7-8-16-14(9-11)20-2/h3-9H,10H2,1-2H3,(H,17,18). The van der Waals surface area contributed by atoms with Crippen molar-refractivity contribution in [3.63, 3.8) is 0 Å². The van der Waals surface area contributed by atoms with E-state index in [1.54, 1.807) is 13.3 Å². The van der Waals surface area contributed by atoms with Crippen LogP contribution in [-0.2, 0) is 13.6 Å². The quantitative estimate of drug-likeness (QED) is 0.790. The fourth-order valence-corrected chi connectivity index (χ4v) is 2.16. The Balaban J connectivity index is 1.81. The Morgan fingerprint density at radius 1 is 1.25 bits per heavy atom. The van der Waals surface area contributed by atoms with E-state index in [4.69, 9.17) is 4.74 Å². The summed E-state index contributed by atoms with van der Waals surface area (Å²) >= 11 is 0. The minimum atomic E-state index is 0.620. The number of aromatic nitrogens is 3. The topological polar surface area (TPSA) is 52.0 Å². The zero-order valence-electron chi connectivity index (χ0n) is 11.5. The predicted molar refractivity (Wildman–Crippen MR) is 78.8 cm³/mol. The number of methoxy groups -OCH3 is 1. The van der Waals surface area contributed by atoms with E-state index in [9.17, 15) is 0 Å². The zero-order valence-corrected chi connectivity index (χ0v) is 11.5. The van der Waals surface area contributed by atoms with Crippen molar-refractivity contribution < 1.29 is 4.74 Å². The molecule has 102 valence electrons. The number of aryl methyl sites for hydroxylation is 1. The summed E-state index contributed by atoms with van der Waals surface area (Å²) in [7, 11) is 3.62. The molecule has 0 aliphatic heterocycles. The van der Waals surface area contributed by atoms with Crippen LogP contribution in [0.15, 0.2) is 42.6 Å². The number of nitrogens with one attached hydrogen (secondary N) is 1. The lowest BCUT2D eigenvalue weighted by Gasteiger charge is -2.07. The molecule has 2 heterocycles. The van der Waals surface area contributed by atoms with Crippen LogP contribution >= 0.6 is 0 Å². The summed E-state index contributed by atoms with van der Waals surface area (Å²) in [5.41, 5.74) is 3.20. The third-order valence-electron chi connectivity index (χ3n) is 3.25. The van der Waals surface area contributed by atoms with Gasteiger partial charge in [0.2, 0.25) is 11.8 Å². The van der Waals surface area contributed by atoms with Gasteiger partial charge in [0, 0.05) is 25.9 Å². The molecule has 0 aliphatic carbocycles. The highest BCUT2D eigenvalue weighted by Crippen LogP contribution is 2.18. The van der Waals surface area contributed by atoms with Gasteiger partial charge in [-0.3, -0.25) is 0 Å². The molecule has 0 radical (unpaired) electrons. The molecule has 0 saturated heterocycles. The molecule has 5 heteroatoms. The summed E-state index contributed by atoms with van der Waals surface area (Å²) in [6.45, 7) is 0.677. The van der Waals surface area contributed by atoms with Crippen molar-refractivity contribution in [1.29, 1.82) is 0 Å². The average Bonchev–Trinajstić information content (AvgIpc) is 2.82. The van der Waals surface area contributed by atoms with E-state index in [-0.39, 0.29) is 0 Å². The molecule has 0 saturated carbocycles. The Morgan fingerprint density at radius 3 is 2.90 bits per heavy atom. The summed E-state index contributed by atoms with van der Waals surface area (Å²) in [6, 6.07) is 11.9. The number of benzene rings is 1. The smallest absolute Gasteiger partial charge is 0.213 e. The number of imidazole rings is 1. The highest BCUT2D eigenvalue weighted by molar-refractivity contribution is 5.78. The van der Waals surface area contributed by atoms with Crippen molar-refractivity contribution in [2.24, 2.45) is 7.05 Å². The van der Waals surface area contributed by atoms with Gasteiger partial charge in [0.15, 0.2) is 0 Å². The second-order valence-corrected chi connectivity index (χ2v) is 4.54. The number of hydrogen-bond acceptors (Lipinski definition) is 4. The lowest BCUT2D eigenvalue weighted by Crippen LogP contribution is -2.05. The summed E-state index contributed by atoms with van der Waals surface area (Å²) in [5, 5.41) is 3.34. The molecule has 0 bridgehead atoms. The average molecular weight is 268 g/mol. The fraction of sp³-hybridized carbons (Fsp3) is 0.200. The van der Waals surface area contributed by atoms with Crippen LogP contribution in [0.5, 0.6) is 5.88 Å². The van der Waals surface area contributed by atoms with E-state index < -0.39 is 0 Å². The molecule has 2 aromatic heterocycles. The van der Waals surface area contributed by atoms with Gasteiger partial charge in [0.1, 0.15) is 0 Å². The number of hydrogen-bond donors (Lipinski definition) is 1. The first-order chi connectivity index (χ1) is 9.78. The number of rotatable bonds is 4. The lowest BCUT2D eigenvalue weighted by atomic mass is 10.2. The normalized spacial score (nSPS) is 10.7. The lowest BCUT2D eigenvalue weighted by molar-refractivity contribution is 0.397. The highest BCUT2D eigenvalue weighted by atomic mass is 16.5. The molecular formula is C15H16N4O. The fourth-order valence-electron chi connectivity index (χ4n) is 2.16. The van der Waals surface area contributed by atoms with E-state index in [0.29, 0.717) is 12.4 Å². The molecule has 0 atom stereocenters. The number of anilines is 1. The first kappa shape index (κ1) is 12.5. The minimum Gasteiger partial charge on any atom is -0.481 e. The van der Waals surface area contributed by atoms with Gasteiger partial charge in [-0.15, -0.1) is 0 Å². The van der Waals surface area contributed by atoms with Crippen LogP contribution in [0.2, 0.25) is 0 Å². The van der Waals surface area contributed by atoms with Crippen LogP contribution in [0, 0.1) is 0 Å². The molecule has 1 aromatic carbocycles. The maximum absolute atomic E-state index is 5.12. The van der Waals surface area contributed by atoms with Crippen LogP contribution < -0.4 is 10.1 Å². The Morgan fingerprint density at radius 2 is 2.10 bits per heavy atom. The molecule has 0 unspecified atom stereocenters.